The Bertz CT molecular complexity index is 288. The highest BCUT2D eigenvalue weighted by atomic mass is 16.2. The van der Waals surface area contributed by atoms with Gasteiger partial charge in [-0.05, 0) is 26.8 Å². The fraction of sp³-hybridized carbons (Fsp3) is 0.800. The molecular weight excluding hydrogens is 194 g/mol. The number of hydrogen-bond acceptors (Lipinski definition) is 3. The average Bonchev–Trinajstić information content (AvgIpc) is 2.94. The van der Waals surface area contributed by atoms with Crippen LogP contribution in [0.3, 0.4) is 0 Å². The molecule has 1 saturated heterocycles. The third kappa shape index (κ3) is 1.84. The van der Waals surface area contributed by atoms with E-state index in [1.54, 1.807) is 4.90 Å². The Balaban J connectivity index is 2.05. The fourth-order valence-corrected chi connectivity index (χ4v) is 2.03. The Hall–Kier alpha value is -1.10. The van der Waals surface area contributed by atoms with E-state index in [0.29, 0.717) is 12.6 Å². The standard InChI is InChI=1S/C10H17N3O2/c1-7(5-11-2)13-9(14)6-12(10(13)15)8-3-4-8/h7-8,11H,3-6H2,1-2H3. The van der Waals surface area contributed by atoms with Crippen molar-refractivity contribution in [1.82, 2.24) is 15.1 Å². The largest absolute Gasteiger partial charge is 0.327 e. The lowest BCUT2D eigenvalue weighted by atomic mass is 10.3. The van der Waals surface area contributed by atoms with Gasteiger partial charge in [0.05, 0.1) is 6.04 Å². The number of urea groups is 1. The molecule has 1 atom stereocenters. The van der Waals surface area contributed by atoms with Crippen molar-refractivity contribution >= 4 is 11.9 Å². The third-order valence-corrected chi connectivity index (χ3v) is 2.95. The molecule has 1 aliphatic carbocycles. The molecule has 1 unspecified atom stereocenters. The molecule has 1 aliphatic heterocycles. The predicted molar refractivity (Wildman–Crippen MR) is 55.4 cm³/mol. The monoisotopic (exact) mass is 211 g/mol. The van der Waals surface area contributed by atoms with Gasteiger partial charge in [-0.2, -0.15) is 0 Å². The quantitative estimate of drug-likeness (QED) is 0.667. The van der Waals surface area contributed by atoms with Crippen LogP contribution in [-0.4, -0.2) is 54.0 Å². The highest BCUT2D eigenvalue weighted by Gasteiger charge is 2.45. The molecule has 0 aromatic rings. The average molecular weight is 211 g/mol. The summed E-state index contributed by atoms with van der Waals surface area (Å²) in [6, 6.07) is 0.164. The predicted octanol–water partition coefficient (Wildman–Crippen LogP) is 0.0209. The molecule has 0 aromatic carbocycles. The number of amides is 3. The molecule has 2 rings (SSSR count). The molecule has 5 nitrogen and oxygen atoms in total. The summed E-state index contributed by atoms with van der Waals surface area (Å²) in [4.78, 5) is 26.7. The van der Waals surface area contributed by atoms with Crippen LogP contribution in [-0.2, 0) is 4.79 Å². The summed E-state index contributed by atoms with van der Waals surface area (Å²) in [5.41, 5.74) is 0. The third-order valence-electron chi connectivity index (χ3n) is 2.95. The lowest BCUT2D eigenvalue weighted by Gasteiger charge is -2.22. The number of likely N-dealkylation sites (N-methyl/N-ethyl adjacent to an activating group) is 1. The molecule has 2 fully saturated rings. The number of hydrogen-bond donors (Lipinski definition) is 1. The maximum absolute atomic E-state index is 11.9. The van der Waals surface area contributed by atoms with Crippen molar-refractivity contribution in [2.75, 3.05) is 20.1 Å². The van der Waals surface area contributed by atoms with Crippen LogP contribution in [0.2, 0.25) is 0 Å². The van der Waals surface area contributed by atoms with E-state index in [-0.39, 0.29) is 24.5 Å². The Morgan fingerprint density at radius 3 is 2.67 bits per heavy atom. The van der Waals surface area contributed by atoms with Crippen molar-refractivity contribution in [2.45, 2.75) is 31.8 Å². The molecule has 3 amide bonds. The van der Waals surface area contributed by atoms with Crippen LogP contribution >= 0.6 is 0 Å². The van der Waals surface area contributed by atoms with Crippen LogP contribution in [0.15, 0.2) is 0 Å². The Morgan fingerprint density at radius 1 is 1.47 bits per heavy atom. The van der Waals surface area contributed by atoms with E-state index >= 15 is 0 Å². The zero-order valence-electron chi connectivity index (χ0n) is 9.19. The zero-order chi connectivity index (χ0) is 11.0. The smallest absolute Gasteiger partial charge is 0.318 e. The van der Waals surface area contributed by atoms with E-state index in [1.807, 2.05) is 14.0 Å². The minimum Gasteiger partial charge on any atom is -0.318 e. The number of carbonyl (C=O) groups excluding carboxylic acids is 2. The summed E-state index contributed by atoms with van der Waals surface area (Å²) in [5.74, 6) is -0.0605. The van der Waals surface area contributed by atoms with E-state index in [1.165, 1.54) is 4.90 Å². The SMILES string of the molecule is CNCC(C)N1C(=O)CN(C2CC2)C1=O. The van der Waals surface area contributed by atoms with E-state index in [2.05, 4.69) is 5.32 Å². The molecule has 1 heterocycles. The van der Waals surface area contributed by atoms with Gasteiger partial charge in [-0.25, -0.2) is 4.79 Å². The number of nitrogens with zero attached hydrogens (tertiary/aromatic N) is 2. The first-order chi connectivity index (χ1) is 7.15. The summed E-state index contributed by atoms with van der Waals surface area (Å²) in [6.45, 7) is 2.82. The van der Waals surface area contributed by atoms with Gasteiger partial charge in [0.1, 0.15) is 6.54 Å². The van der Waals surface area contributed by atoms with Gasteiger partial charge in [0.2, 0.25) is 0 Å². The van der Waals surface area contributed by atoms with Crippen molar-refractivity contribution in [3.8, 4) is 0 Å². The molecule has 0 aromatic heterocycles. The minimum atomic E-state index is -0.106. The second-order valence-electron chi connectivity index (χ2n) is 4.31. The van der Waals surface area contributed by atoms with Crippen LogP contribution in [0.25, 0.3) is 0 Å². The van der Waals surface area contributed by atoms with Gasteiger partial charge in [0, 0.05) is 12.6 Å². The molecular formula is C10H17N3O2. The van der Waals surface area contributed by atoms with Crippen molar-refractivity contribution in [2.24, 2.45) is 0 Å². The van der Waals surface area contributed by atoms with Gasteiger partial charge in [0.15, 0.2) is 0 Å². The maximum atomic E-state index is 11.9. The molecule has 0 radical (unpaired) electrons. The topological polar surface area (TPSA) is 52.7 Å². The first-order valence-corrected chi connectivity index (χ1v) is 5.42. The van der Waals surface area contributed by atoms with Crippen LogP contribution in [0.4, 0.5) is 4.79 Å². The highest BCUT2D eigenvalue weighted by molar-refractivity contribution is 6.02. The fourth-order valence-electron chi connectivity index (χ4n) is 2.03. The van der Waals surface area contributed by atoms with E-state index < -0.39 is 0 Å². The first-order valence-electron chi connectivity index (χ1n) is 5.42. The van der Waals surface area contributed by atoms with Gasteiger partial charge in [-0.3, -0.25) is 9.69 Å². The summed E-state index contributed by atoms with van der Waals surface area (Å²) in [7, 11) is 1.82. The van der Waals surface area contributed by atoms with E-state index in [9.17, 15) is 9.59 Å². The Morgan fingerprint density at radius 2 is 2.13 bits per heavy atom. The van der Waals surface area contributed by atoms with Crippen molar-refractivity contribution in [1.29, 1.82) is 0 Å². The van der Waals surface area contributed by atoms with Gasteiger partial charge >= 0.3 is 6.03 Å². The number of rotatable bonds is 4. The van der Waals surface area contributed by atoms with Crippen LogP contribution in [0.5, 0.6) is 0 Å². The zero-order valence-corrected chi connectivity index (χ0v) is 9.19. The first kappa shape index (κ1) is 10.4. The van der Waals surface area contributed by atoms with Gasteiger partial charge in [0.25, 0.3) is 5.91 Å². The van der Waals surface area contributed by atoms with E-state index in [4.69, 9.17) is 0 Å². The Kier molecular flexibility index (Phi) is 2.65. The number of imide groups is 1. The van der Waals surface area contributed by atoms with Crippen molar-refractivity contribution in [3.63, 3.8) is 0 Å². The lowest BCUT2D eigenvalue weighted by Crippen LogP contribution is -2.44. The molecule has 15 heavy (non-hydrogen) atoms. The normalized spacial score (nSPS) is 23.9. The van der Waals surface area contributed by atoms with E-state index in [0.717, 1.165) is 12.8 Å². The van der Waals surface area contributed by atoms with Crippen LogP contribution in [0, 0.1) is 0 Å². The molecule has 2 aliphatic rings. The molecule has 1 saturated carbocycles. The summed E-state index contributed by atoms with van der Waals surface area (Å²) in [5, 5.41) is 2.98. The lowest BCUT2D eigenvalue weighted by molar-refractivity contribution is -0.126. The van der Waals surface area contributed by atoms with Crippen molar-refractivity contribution < 1.29 is 9.59 Å². The van der Waals surface area contributed by atoms with Crippen LogP contribution in [0.1, 0.15) is 19.8 Å². The summed E-state index contributed by atoms with van der Waals surface area (Å²) in [6.07, 6.45) is 2.10. The summed E-state index contributed by atoms with van der Waals surface area (Å²) >= 11 is 0. The van der Waals surface area contributed by atoms with Crippen molar-refractivity contribution in [3.05, 3.63) is 0 Å². The number of nitrogens with one attached hydrogen (secondary N) is 1. The van der Waals surface area contributed by atoms with Gasteiger partial charge in [-0.1, -0.05) is 0 Å². The molecule has 0 bridgehead atoms. The van der Waals surface area contributed by atoms with Gasteiger partial charge < -0.3 is 10.2 Å². The minimum absolute atomic E-state index is 0.0567. The molecule has 5 heteroatoms. The highest BCUT2D eigenvalue weighted by Crippen LogP contribution is 2.30. The second-order valence-corrected chi connectivity index (χ2v) is 4.31. The Labute approximate surface area is 89.4 Å². The number of carbonyl (C=O) groups is 2. The van der Waals surface area contributed by atoms with Crippen LogP contribution < -0.4 is 5.32 Å². The molecule has 1 N–H and O–H groups in total. The molecule has 84 valence electrons. The molecule has 0 spiro atoms. The van der Waals surface area contributed by atoms with Gasteiger partial charge in [-0.15, -0.1) is 0 Å². The second kappa shape index (κ2) is 3.81. The maximum Gasteiger partial charge on any atom is 0.327 e. The summed E-state index contributed by atoms with van der Waals surface area (Å²) < 4.78 is 0.